The monoisotopic (exact) mass is 513 g/mol. The molecule has 0 radical (unpaired) electrons. The van der Waals surface area contributed by atoms with E-state index in [2.05, 4.69) is 15.3 Å². The van der Waals surface area contributed by atoms with Gasteiger partial charge in [0.15, 0.2) is 6.29 Å². The second-order valence-corrected chi connectivity index (χ2v) is 9.98. The molecular weight excluding hydrogens is 490 g/mol. The minimum Gasteiger partial charge on any atom is -0.444 e. The summed E-state index contributed by atoms with van der Waals surface area (Å²) in [6, 6.07) is 14.8. The number of para-hydroxylation sites is 1. The molecule has 0 fully saturated rings. The first-order valence-electron chi connectivity index (χ1n) is 11.6. The molecule has 1 N–H and O–H groups in total. The number of aryl methyl sites for hydroxylation is 1. The van der Waals surface area contributed by atoms with Crippen molar-refractivity contribution in [3.63, 3.8) is 0 Å². The molecule has 3 heterocycles. The number of hydrogen-bond acceptors (Lipinski definition) is 6. The number of rotatable bonds is 4. The number of anilines is 1. The molecule has 0 unspecified atom stereocenters. The molecule has 5 aromatic rings. The number of fused-ring (bicyclic) bond motifs is 2. The van der Waals surface area contributed by atoms with E-state index in [4.69, 9.17) is 21.3 Å². The number of imidazole rings is 1. The summed E-state index contributed by atoms with van der Waals surface area (Å²) in [5, 5.41) is 4.08. The van der Waals surface area contributed by atoms with Gasteiger partial charge in [0.05, 0.1) is 27.3 Å². The molecule has 0 saturated carbocycles. The molecule has 1 amide bonds. The van der Waals surface area contributed by atoms with Crippen molar-refractivity contribution in [2.45, 2.75) is 33.3 Å². The number of pyridine rings is 2. The number of ether oxygens (including phenoxy) is 1. The Morgan fingerprint density at radius 2 is 1.81 bits per heavy atom. The van der Waals surface area contributed by atoms with E-state index < -0.39 is 11.7 Å². The van der Waals surface area contributed by atoms with Crippen molar-refractivity contribution in [3.8, 4) is 16.8 Å². The zero-order valence-electron chi connectivity index (χ0n) is 20.7. The van der Waals surface area contributed by atoms with Gasteiger partial charge in [0.25, 0.3) is 0 Å². The maximum atomic E-state index is 12.2. The van der Waals surface area contributed by atoms with Crippen LogP contribution >= 0.6 is 11.6 Å². The summed E-state index contributed by atoms with van der Waals surface area (Å²) in [6.45, 7) is 7.26. The van der Waals surface area contributed by atoms with Gasteiger partial charge in [0, 0.05) is 23.3 Å². The fourth-order valence-corrected chi connectivity index (χ4v) is 4.51. The van der Waals surface area contributed by atoms with Crippen LogP contribution in [0.5, 0.6) is 0 Å². The van der Waals surface area contributed by atoms with Crippen molar-refractivity contribution >= 4 is 51.7 Å². The largest absolute Gasteiger partial charge is 0.444 e. The Labute approximate surface area is 218 Å². The van der Waals surface area contributed by atoms with Crippen molar-refractivity contribution < 1.29 is 14.3 Å². The van der Waals surface area contributed by atoms with E-state index in [0.29, 0.717) is 33.3 Å². The van der Waals surface area contributed by atoms with Gasteiger partial charge in [0.2, 0.25) is 0 Å². The molecule has 186 valence electrons. The Kier molecular flexibility index (Phi) is 6.13. The predicted octanol–water partition coefficient (Wildman–Crippen LogP) is 6.76. The number of amides is 1. The van der Waals surface area contributed by atoms with Crippen LogP contribution in [0, 0.1) is 6.92 Å². The lowest BCUT2D eigenvalue weighted by Gasteiger charge is -2.19. The zero-order chi connectivity index (χ0) is 26.3. The second-order valence-electron chi connectivity index (χ2n) is 9.57. The van der Waals surface area contributed by atoms with E-state index in [-0.39, 0.29) is 0 Å². The molecule has 9 heteroatoms. The van der Waals surface area contributed by atoms with Gasteiger partial charge >= 0.3 is 6.09 Å². The highest BCUT2D eigenvalue weighted by Gasteiger charge is 2.19. The first-order chi connectivity index (χ1) is 17.6. The average Bonchev–Trinajstić information content (AvgIpc) is 3.18. The van der Waals surface area contributed by atoms with Gasteiger partial charge in [-0.3, -0.25) is 19.7 Å². The maximum Gasteiger partial charge on any atom is 0.413 e. The molecule has 5 rings (SSSR count). The number of nitrogens with zero attached hydrogens (tertiary/aromatic N) is 4. The van der Waals surface area contributed by atoms with E-state index >= 15 is 0 Å². The quantitative estimate of drug-likeness (QED) is 0.267. The van der Waals surface area contributed by atoms with Gasteiger partial charge in [-0.25, -0.2) is 14.8 Å². The molecule has 0 aliphatic heterocycles. The van der Waals surface area contributed by atoms with Gasteiger partial charge in [-0.1, -0.05) is 23.7 Å². The summed E-state index contributed by atoms with van der Waals surface area (Å²) < 4.78 is 7.32. The number of aldehydes is 1. The topological polar surface area (TPSA) is 99.0 Å². The number of benzene rings is 2. The van der Waals surface area contributed by atoms with Crippen molar-refractivity contribution in [1.29, 1.82) is 0 Å². The van der Waals surface area contributed by atoms with Crippen LogP contribution in [-0.2, 0) is 4.74 Å². The van der Waals surface area contributed by atoms with Crippen LogP contribution < -0.4 is 5.32 Å². The minimum absolute atomic E-state index is 0.332. The van der Waals surface area contributed by atoms with Crippen LogP contribution in [0.15, 0.2) is 60.9 Å². The third-order valence-corrected chi connectivity index (χ3v) is 6.05. The SMILES string of the molecule is Cc1nc2c(C=O)cc(-c3ccnc(NC(=O)OC(C)(C)C)c3)cc2n1-c1ccnc2c(Cl)cccc12. The molecular formula is C28H24ClN5O3. The molecule has 0 bridgehead atoms. The Morgan fingerprint density at radius 3 is 2.57 bits per heavy atom. The summed E-state index contributed by atoms with van der Waals surface area (Å²) in [5.41, 5.74) is 4.21. The lowest BCUT2D eigenvalue weighted by atomic mass is 10.0. The third kappa shape index (κ3) is 4.75. The first-order valence-corrected chi connectivity index (χ1v) is 12.0. The Hall–Kier alpha value is -4.30. The zero-order valence-corrected chi connectivity index (χ0v) is 21.5. The summed E-state index contributed by atoms with van der Waals surface area (Å²) in [5.74, 6) is 1.05. The lowest BCUT2D eigenvalue weighted by Crippen LogP contribution is -2.27. The van der Waals surface area contributed by atoms with Crippen molar-refractivity contribution in [1.82, 2.24) is 19.5 Å². The van der Waals surface area contributed by atoms with Crippen LogP contribution in [0.1, 0.15) is 37.0 Å². The number of hydrogen-bond donors (Lipinski definition) is 1. The van der Waals surface area contributed by atoms with Crippen molar-refractivity contribution in [2.75, 3.05) is 5.32 Å². The van der Waals surface area contributed by atoms with E-state index in [1.807, 2.05) is 41.8 Å². The van der Waals surface area contributed by atoms with Gasteiger partial charge < -0.3 is 4.74 Å². The Balaban J connectivity index is 1.65. The van der Waals surface area contributed by atoms with Crippen LogP contribution in [0.25, 0.3) is 38.8 Å². The minimum atomic E-state index is -0.636. The first kappa shape index (κ1) is 24.4. The maximum absolute atomic E-state index is 12.2. The normalized spacial score (nSPS) is 11.6. The lowest BCUT2D eigenvalue weighted by molar-refractivity contribution is 0.0635. The summed E-state index contributed by atoms with van der Waals surface area (Å²) >= 11 is 6.41. The number of carbonyl (C=O) groups excluding carboxylic acids is 2. The Bertz CT molecular complexity index is 1690. The van der Waals surface area contributed by atoms with E-state index in [1.165, 1.54) is 0 Å². The molecule has 2 aromatic carbocycles. The van der Waals surface area contributed by atoms with Crippen LogP contribution in [-0.4, -0.2) is 37.5 Å². The van der Waals surface area contributed by atoms with Crippen molar-refractivity contribution in [3.05, 3.63) is 77.3 Å². The number of nitrogens with one attached hydrogen (secondary N) is 1. The van der Waals surface area contributed by atoms with Crippen LogP contribution in [0.2, 0.25) is 5.02 Å². The molecule has 0 aliphatic rings. The number of halogens is 1. The van der Waals surface area contributed by atoms with Crippen LogP contribution in [0.4, 0.5) is 10.6 Å². The molecule has 3 aromatic heterocycles. The molecule has 0 saturated heterocycles. The standard InChI is InChI=1S/C28H24ClN5O3/c1-16-32-25-19(15-35)12-18(17-8-10-30-24(14-17)33-27(36)37-28(2,3)4)13-23(25)34(16)22-9-11-31-26-20(22)6-5-7-21(26)29/h5-15H,1-4H3,(H,30,33,36). The van der Waals surface area contributed by atoms with Crippen molar-refractivity contribution in [2.24, 2.45) is 0 Å². The summed E-state index contributed by atoms with van der Waals surface area (Å²) in [4.78, 5) is 37.7. The highest BCUT2D eigenvalue weighted by molar-refractivity contribution is 6.35. The molecule has 37 heavy (non-hydrogen) atoms. The fraction of sp³-hybridized carbons (Fsp3) is 0.179. The molecule has 0 atom stereocenters. The van der Waals surface area contributed by atoms with E-state index in [0.717, 1.165) is 34.0 Å². The van der Waals surface area contributed by atoms with Gasteiger partial charge in [0.1, 0.15) is 17.2 Å². The van der Waals surface area contributed by atoms with Crippen LogP contribution in [0.3, 0.4) is 0 Å². The average molecular weight is 514 g/mol. The van der Waals surface area contributed by atoms with Gasteiger partial charge in [-0.2, -0.15) is 0 Å². The third-order valence-electron chi connectivity index (χ3n) is 5.75. The number of carbonyl (C=O) groups is 2. The highest BCUT2D eigenvalue weighted by Crippen LogP contribution is 2.33. The van der Waals surface area contributed by atoms with Gasteiger partial charge in [-0.05, 0) is 75.2 Å². The smallest absolute Gasteiger partial charge is 0.413 e. The van der Waals surface area contributed by atoms with E-state index in [1.54, 1.807) is 51.4 Å². The fourth-order valence-electron chi connectivity index (χ4n) is 4.29. The molecule has 0 aliphatic carbocycles. The van der Waals surface area contributed by atoms with E-state index in [9.17, 15) is 9.59 Å². The molecule has 0 spiro atoms. The van der Waals surface area contributed by atoms with Gasteiger partial charge in [-0.15, -0.1) is 0 Å². The molecule has 8 nitrogen and oxygen atoms in total. The highest BCUT2D eigenvalue weighted by atomic mass is 35.5. The summed E-state index contributed by atoms with van der Waals surface area (Å²) in [6.07, 6.45) is 3.49. The second kappa shape index (κ2) is 9.29. The number of aromatic nitrogens is 4. The summed E-state index contributed by atoms with van der Waals surface area (Å²) in [7, 11) is 0. The Morgan fingerprint density at radius 1 is 1.03 bits per heavy atom. The predicted molar refractivity (Wildman–Crippen MR) is 145 cm³/mol.